The number of benzene rings is 2. The first-order valence-corrected chi connectivity index (χ1v) is 11.4. The third-order valence-corrected chi connectivity index (χ3v) is 6.33. The lowest BCUT2D eigenvalue weighted by atomic mass is 10.1. The zero-order valence-corrected chi connectivity index (χ0v) is 19.2. The van der Waals surface area contributed by atoms with Crippen molar-refractivity contribution in [3.63, 3.8) is 0 Å². The molecule has 156 valence electrons. The fourth-order valence-electron chi connectivity index (χ4n) is 2.96. The minimum Gasteiger partial charge on any atom is -0.357 e. The first kappa shape index (κ1) is 23.6. The molecule has 0 heterocycles. The van der Waals surface area contributed by atoms with Crippen molar-refractivity contribution in [2.75, 3.05) is 12.8 Å². The molecule has 0 aliphatic rings. The number of thioether (sulfide) groups is 1. The van der Waals surface area contributed by atoms with Crippen molar-refractivity contribution in [2.45, 2.75) is 38.6 Å². The fraction of sp³-hybridized carbons (Fsp3) is 0.364. The number of nitrogens with zero attached hydrogens (tertiary/aromatic N) is 1. The Morgan fingerprint density at radius 3 is 2.28 bits per heavy atom. The van der Waals surface area contributed by atoms with Gasteiger partial charge in [-0.05, 0) is 31.0 Å². The van der Waals surface area contributed by atoms with Crippen LogP contribution in [0.3, 0.4) is 0 Å². The van der Waals surface area contributed by atoms with Gasteiger partial charge in [0.1, 0.15) is 6.04 Å². The zero-order chi connectivity index (χ0) is 21.4. The molecule has 0 aromatic heterocycles. The summed E-state index contributed by atoms with van der Waals surface area (Å²) in [6.07, 6.45) is 0.496. The first-order valence-electron chi connectivity index (χ1n) is 9.44. The number of aryl methyl sites for hydroxylation is 1. The van der Waals surface area contributed by atoms with Gasteiger partial charge in [0.25, 0.3) is 0 Å². The molecule has 0 saturated heterocycles. The zero-order valence-electron chi connectivity index (χ0n) is 16.9. The third-order valence-electron chi connectivity index (χ3n) is 4.64. The maximum absolute atomic E-state index is 13.1. The summed E-state index contributed by atoms with van der Waals surface area (Å²) in [4.78, 5) is 27.1. The van der Waals surface area contributed by atoms with Gasteiger partial charge >= 0.3 is 0 Å². The van der Waals surface area contributed by atoms with E-state index in [2.05, 4.69) is 29.6 Å². The van der Waals surface area contributed by atoms with Gasteiger partial charge in [-0.3, -0.25) is 9.59 Å². The first-order chi connectivity index (χ1) is 13.9. The minimum absolute atomic E-state index is 0.117. The lowest BCUT2D eigenvalue weighted by Crippen LogP contribution is -2.48. The lowest BCUT2D eigenvalue weighted by Gasteiger charge is -2.30. The number of rotatable bonds is 9. The Morgan fingerprint density at radius 1 is 1.10 bits per heavy atom. The molecular formula is C22H26Cl2N2O2S. The third kappa shape index (κ3) is 6.66. The quantitative estimate of drug-likeness (QED) is 0.576. The molecule has 0 spiro atoms. The van der Waals surface area contributed by atoms with E-state index in [4.69, 9.17) is 23.2 Å². The Bertz CT molecular complexity index is 823. The Balaban J connectivity index is 2.15. The molecule has 0 bridgehead atoms. The van der Waals surface area contributed by atoms with Gasteiger partial charge in [0.2, 0.25) is 11.8 Å². The Labute approximate surface area is 187 Å². The smallest absolute Gasteiger partial charge is 0.242 e. The normalized spacial score (nSPS) is 11.8. The van der Waals surface area contributed by atoms with Crippen LogP contribution < -0.4 is 5.32 Å². The van der Waals surface area contributed by atoms with Crippen LogP contribution in [0.25, 0.3) is 0 Å². The molecule has 4 nitrogen and oxygen atoms in total. The summed E-state index contributed by atoms with van der Waals surface area (Å²) >= 11 is 14.1. The van der Waals surface area contributed by atoms with Crippen LogP contribution in [0.4, 0.5) is 0 Å². The van der Waals surface area contributed by atoms with Gasteiger partial charge in [0, 0.05) is 35.0 Å². The van der Waals surface area contributed by atoms with Crippen LogP contribution in [0.15, 0.2) is 42.5 Å². The second-order valence-electron chi connectivity index (χ2n) is 6.74. The monoisotopic (exact) mass is 452 g/mol. The molecule has 2 amide bonds. The molecule has 0 fully saturated rings. The van der Waals surface area contributed by atoms with E-state index in [1.54, 1.807) is 30.1 Å². The predicted molar refractivity (Wildman–Crippen MR) is 122 cm³/mol. The summed E-state index contributed by atoms with van der Waals surface area (Å²) in [5, 5.41) is 3.61. The molecule has 1 N–H and O–H groups in total. The van der Waals surface area contributed by atoms with E-state index in [0.717, 1.165) is 11.3 Å². The highest BCUT2D eigenvalue weighted by Crippen LogP contribution is 2.27. The predicted octanol–water partition coefficient (Wildman–Crippen LogP) is 5.09. The number of halogens is 2. The Morgan fingerprint density at radius 2 is 1.72 bits per heavy atom. The summed E-state index contributed by atoms with van der Waals surface area (Å²) in [7, 11) is 1.57. The van der Waals surface area contributed by atoms with E-state index in [1.807, 2.05) is 13.8 Å². The molecule has 0 radical (unpaired) electrons. The van der Waals surface area contributed by atoms with Crippen molar-refractivity contribution in [3.8, 4) is 0 Å². The molecular weight excluding hydrogens is 427 g/mol. The SMILES string of the molecule is CCC(C(=O)NC)N(Cc1c(Cl)cccc1Cl)C(=O)CSCc1ccc(C)cc1. The summed E-state index contributed by atoms with van der Waals surface area (Å²) < 4.78 is 0. The molecule has 7 heteroatoms. The largest absolute Gasteiger partial charge is 0.357 e. The van der Waals surface area contributed by atoms with Crippen molar-refractivity contribution in [1.82, 2.24) is 10.2 Å². The molecule has 2 rings (SSSR count). The fourth-order valence-corrected chi connectivity index (χ4v) is 4.35. The molecule has 2 aromatic rings. The van der Waals surface area contributed by atoms with Crippen molar-refractivity contribution in [3.05, 3.63) is 69.2 Å². The molecule has 0 aliphatic carbocycles. The van der Waals surface area contributed by atoms with Gasteiger partial charge < -0.3 is 10.2 Å². The Kier molecular flexibility index (Phi) is 9.34. The summed E-state index contributed by atoms with van der Waals surface area (Å²) in [5.74, 6) is 0.675. The molecule has 29 heavy (non-hydrogen) atoms. The van der Waals surface area contributed by atoms with Crippen LogP contribution in [-0.4, -0.2) is 35.6 Å². The van der Waals surface area contributed by atoms with E-state index >= 15 is 0 Å². The molecule has 1 atom stereocenters. The number of likely N-dealkylation sites (N-methyl/N-ethyl adjacent to an activating group) is 1. The highest BCUT2D eigenvalue weighted by atomic mass is 35.5. The summed E-state index contributed by atoms with van der Waals surface area (Å²) in [6, 6.07) is 12.9. The second kappa shape index (κ2) is 11.5. The van der Waals surface area contributed by atoms with Gasteiger partial charge in [-0.2, -0.15) is 0 Å². The van der Waals surface area contributed by atoms with Crippen molar-refractivity contribution >= 4 is 46.8 Å². The van der Waals surface area contributed by atoms with Crippen LogP contribution in [-0.2, 0) is 21.9 Å². The lowest BCUT2D eigenvalue weighted by molar-refractivity contribution is -0.139. The summed E-state index contributed by atoms with van der Waals surface area (Å²) in [5.41, 5.74) is 3.01. The molecule has 0 saturated carbocycles. The second-order valence-corrected chi connectivity index (χ2v) is 8.54. The van der Waals surface area contributed by atoms with Crippen LogP contribution in [0.1, 0.15) is 30.0 Å². The van der Waals surface area contributed by atoms with Gasteiger partial charge in [-0.15, -0.1) is 11.8 Å². The molecule has 2 aromatic carbocycles. The van der Waals surface area contributed by atoms with Gasteiger partial charge in [0.15, 0.2) is 0 Å². The number of carbonyl (C=O) groups excluding carboxylic acids is 2. The number of hydrogen-bond donors (Lipinski definition) is 1. The number of amides is 2. The van der Waals surface area contributed by atoms with Gasteiger partial charge in [0.05, 0.1) is 5.75 Å². The van der Waals surface area contributed by atoms with Gasteiger partial charge in [-0.1, -0.05) is 66.0 Å². The van der Waals surface area contributed by atoms with Crippen molar-refractivity contribution in [2.24, 2.45) is 0 Å². The number of nitrogens with one attached hydrogen (secondary N) is 1. The summed E-state index contributed by atoms with van der Waals surface area (Å²) in [6.45, 7) is 4.12. The highest BCUT2D eigenvalue weighted by molar-refractivity contribution is 7.99. The highest BCUT2D eigenvalue weighted by Gasteiger charge is 2.29. The van der Waals surface area contributed by atoms with E-state index in [0.29, 0.717) is 22.0 Å². The van der Waals surface area contributed by atoms with E-state index in [9.17, 15) is 9.59 Å². The van der Waals surface area contributed by atoms with E-state index in [-0.39, 0.29) is 24.1 Å². The molecule has 0 aliphatic heterocycles. The topological polar surface area (TPSA) is 49.4 Å². The van der Waals surface area contributed by atoms with Crippen LogP contribution in [0, 0.1) is 6.92 Å². The van der Waals surface area contributed by atoms with Crippen LogP contribution in [0.2, 0.25) is 10.0 Å². The van der Waals surface area contributed by atoms with E-state index in [1.165, 1.54) is 17.3 Å². The van der Waals surface area contributed by atoms with E-state index < -0.39 is 6.04 Å². The number of carbonyl (C=O) groups is 2. The minimum atomic E-state index is -0.584. The maximum Gasteiger partial charge on any atom is 0.242 e. The standard InChI is InChI=1S/C22H26Cl2N2O2S/c1-4-20(22(28)25-3)26(12-17-18(23)6-5-7-19(17)24)21(27)14-29-13-16-10-8-15(2)9-11-16/h5-11,20H,4,12-14H2,1-3H3,(H,25,28). The van der Waals surface area contributed by atoms with Crippen LogP contribution >= 0.6 is 35.0 Å². The Hall–Kier alpha value is -1.69. The van der Waals surface area contributed by atoms with Gasteiger partial charge in [-0.25, -0.2) is 0 Å². The average molecular weight is 453 g/mol. The van der Waals surface area contributed by atoms with Crippen LogP contribution in [0.5, 0.6) is 0 Å². The maximum atomic E-state index is 13.1. The van der Waals surface area contributed by atoms with Crippen molar-refractivity contribution in [1.29, 1.82) is 0 Å². The van der Waals surface area contributed by atoms with Crippen molar-refractivity contribution < 1.29 is 9.59 Å². The average Bonchev–Trinajstić information content (AvgIpc) is 2.71. The number of hydrogen-bond acceptors (Lipinski definition) is 3. The molecule has 1 unspecified atom stereocenters.